The third-order valence-electron chi connectivity index (χ3n) is 5.21. The second-order valence-electron chi connectivity index (χ2n) is 8.59. The van der Waals surface area contributed by atoms with Crippen molar-refractivity contribution in [1.82, 2.24) is 20.2 Å². The van der Waals surface area contributed by atoms with E-state index in [4.69, 9.17) is 11.6 Å². The number of carbonyl (C=O) groups is 2. The minimum atomic E-state index is -0.318. The molecular formula is C24H27ClN4O3. The van der Waals surface area contributed by atoms with Gasteiger partial charge >= 0.3 is 0 Å². The molecule has 0 unspecified atom stereocenters. The van der Waals surface area contributed by atoms with Gasteiger partial charge in [0.05, 0.1) is 24.0 Å². The third-order valence-corrected chi connectivity index (χ3v) is 5.44. The van der Waals surface area contributed by atoms with Crippen molar-refractivity contribution in [3.8, 4) is 0 Å². The standard InChI is InChI=1S/C24H27ClN4O3/c1-5-29(14-20-27-19-12-17(25)10-11-18(19)23(32)28-20)21(30)13-26-22(31)15-6-8-16(9-7-15)24(2,3)4/h6-12H,5,13-14H2,1-4H3,(H,26,31)(H,27,28,32). The first-order valence-corrected chi connectivity index (χ1v) is 10.8. The van der Waals surface area contributed by atoms with Gasteiger partial charge in [-0.15, -0.1) is 0 Å². The molecule has 2 amide bonds. The lowest BCUT2D eigenvalue weighted by molar-refractivity contribution is -0.130. The van der Waals surface area contributed by atoms with E-state index >= 15 is 0 Å². The summed E-state index contributed by atoms with van der Waals surface area (Å²) < 4.78 is 0. The summed E-state index contributed by atoms with van der Waals surface area (Å²) in [5, 5.41) is 3.57. The zero-order valence-corrected chi connectivity index (χ0v) is 19.4. The Bertz CT molecular complexity index is 1200. The summed E-state index contributed by atoms with van der Waals surface area (Å²) in [7, 11) is 0. The first-order valence-electron chi connectivity index (χ1n) is 10.4. The van der Waals surface area contributed by atoms with Gasteiger partial charge < -0.3 is 15.2 Å². The van der Waals surface area contributed by atoms with Gasteiger partial charge in [0.15, 0.2) is 0 Å². The lowest BCUT2D eigenvalue weighted by Crippen LogP contribution is -2.40. The van der Waals surface area contributed by atoms with E-state index in [2.05, 4.69) is 36.1 Å². The van der Waals surface area contributed by atoms with Gasteiger partial charge in [0.2, 0.25) is 5.91 Å². The molecule has 168 valence electrons. The monoisotopic (exact) mass is 454 g/mol. The maximum atomic E-state index is 12.7. The van der Waals surface area contributed by atoms with Crippen molar-refractivity contribution in [1.29, 1.82) is 0 Å². The molecule has 3 rings (SSSR count). The van der Waals surface area contributed by atoms with Crippen LogP contribution in [0.4, 0.5) is 0 Å². The number of carbonyl (C=O) groups excluding carboxylic acids is 2. The molecule has 0 aliphatic rings. The summed E-state index contributed by atoms with van der Waals surface area (Å²) in [5.41, 5.74) is 1.78. The van der Waals surface area contributed by atoms with Gasteiger partial charge in [-0.2, -0.15) is 0 Å². The molecule has 0 fully saturated rings. The molecule has 3 aromatic rings. The number of rotatable bonds is 6. The molecule has 0 bridgehead atoms. The highest BCUT2D eigenvalue weighted by atomic mass is 35.5. The van der Waals surface area contributed by atoms with Gasteiger partial charge in [0.25, 0.3) is 11.5 Å². The van der Waals surface area contributed by atoms with Gasteiger partial charge in [-0.05, 0) is 48.2 Å². The van der Waals surface area contributed by atoms with E-state index < -0.39 is 0 Å². The number of fused-ring (bicyclic) bond motifs is 1. The quantitative estimate of drug-likeness (QED) is 0.594. The van der Waals surface area contributed by atoms with Crippen molar-refractivity contribution in [2.24, 2.45) is 0 Å². The Labute approximate surface area is 191 Å². The number of hydrogen-bond acceptors (Lipinski definition) is 4. The number of aromatic amines is 1. The summed E-state index contributed by atoms with van der Waals surface area (Å²) in [4.78, 5) is 46.1. The smallest absolute Gasteiger partial charge is 0.258 e. The molecule has 0 saturated carbocycles. The van der Waals surface area contributed by atoms with Crippen LogP contribution in [0.2, 0.25) is 5.02 Å². The molecule has 0 spiro atoms. The van der Waals surface area contributed by atoms with Gasteiger partial charge in [-0.25, -0.2) is 4.98 Å². The highest BCUT2D eigenvalue weighted by Gasteiger charge is 2.17. The highest BCUT2D eigenvalue weighted by Crippen LogP contribution is 2.22. The maximum absolute atomic E-state index is 12.7. The molecule has 8 heteroatoms. The fourth-order valence-electron chi connectivity index (χ4n) is 3.28. The Morgan fingerprint density at radius 2 is 1.81 bits per heavy atom. The summed E-state index contributed by atoms with van der Waals surface area (Å²) in [5.74, 6) is -0.244. The number of nitrogens with one attached hydrogen (secondary N) is 2. The van der Waals surface area contributed by atoms with Gasteiger partial charge in [-0.1, -0.05) is 44.5 Å². The normalized spacial score (nSPS) is 11.4. The van der Waals surface area contributed by atoms with Crippen molar-refractivity contribution >= 4 is 34.3 Å². The van der Waals surface area contributed by atoms with E-state index in [1.807, 2.05) is 19.1 Å². The number of H-pyrrole nitrogens is 1. The molecule has 0 aliphatic carbocycles. The van der Waals surface area contributed by atoms with Crippen molar-refractivity contribution in [2.75, 3.05) is 13.1 Å². The Balaban J connectivity index is 1.65. The van der Waals surface area contributed by atoms with E-state index in [0.29, 0.717) is 33.9 Å². The number of hydrogen-bond donors (Lipinski definition) is 2. The fourth-order valence-corrected chi connectivity index (χ4v) is 3.45. The predicted molar refractivity (Wildman–Crippen MR) is 126 cm³/mol. The Morgan fingerprint density at radius 1 is 1.12 bits per heavy atom. The number of nitrogens with zero attached hydrogens (tertiary/aromatic N) is 2. The van der Waals surface area contributed by atoms with Crippen LogP contribution >= 0.6 is 11.6 Å². The zero-order valence-electron chi connectivity index (χ0n) is 18.7. The summed E-state index contributed by atoms with van der Waals surface area (Å²) in [6, 6.07) is 12.2. The van der Waals surface area contributed by atoms with Gasteiger partial charge in [0, 0.05) is 17.1 Å². The Kier molecular flexibility index (Phi) is 6.99. The van der Waals surface area contributed by atoms with E-state index in [0.717, 1.165) is 5.56 Å². The van der Waals surface area contributed by atoms with Crippen LogP contribution in [-0.2, 0) is 16.8 Å². The third kappa shape index (κ3) is 5.53. The van der Waals surface area contributed by atoms with Gasteiger partial charge in [0.1, 0.15) is 5.82 Å². The largest absolute Gasteiger partial charge is 0.343 e. The van der Waals surface area contributed by atoms with Crippen LogP contribution < -0.4 is 10.9 Å². The van der Waals surface area contributed by atoms with Crippen LogP contribution in [0.5, 0.6) is 0 Å². The molecule has 32 heavy (non-hydrogen) atoms. The van der Waals surface area contributed by atoms with E-state index in [-0.39, 0.29) is 35.9 Å². The summed E-state index contributed by atoms with van der Waals surface area (Å²) in [6.45, 7) is 8.48. The lowest BCUT2D eigenvalue weighted by Gasteiger charge is -2.21. The van der Waals surface area contributed by atoms with Gasteiger partial charge in [-0.3, -0.25) is 14.4 Å². The van der Waals surface area contributed by atoms with Crippen LogP contribution in [0.15, 0.2) is 47.3 Å². The topological polar surface area (TPSA) is 95.2 Å². The fraction of sp³-hybridized carbons (Fsp3) is 0.333. The summed E-state index contributed by atoms with van der Waals surface area (Å²) >= 11 is 6.00. The molecule has 2 aromatic carbocycles. The van der Waals surface area contributed by atoms with Crippen LogP contribution in [-0.4, -0.2) is 39.8 Å². The minimum absolute atomic E-state index is 0.00426. The molecule has 1 heterocycles. The average Bonchev–Trinajstić information content (AvgIpc) is 2.74. The molecule has 1 aromatic heterocycles. The van der Waals surface area contributed by atoms with Crippen molar-refractivity contribution < 1.29 is 9.59 Å². The highest BCUT2D eigenvalue weighted by molar-refractivity contribution is 6.31. The first-order chi connectivity index (χ1) is 15.1. The molecule has 0 radical (unpaired) electrons. The molecule has 0 aliphatic heterocycles. The van der Waals surface area contributed by atoms with E-state index in [1.165, 1.54) is 4.90 Å². The molecule has 7 nitrogen and oxygen atoms in total. The first kappa shape index (κ1) is 23.5. The van der Waals surface area contributed by atoms with Crippen LogP contribution in [0.3, 0.4) is 0 Å². The van der Waals surface area contributed by atoms with E-state index in [9.17, 15) is 14.4 Å². The maximum Gasteiger partial charge on any atom is 0.258 e. The van der Waals surface area contributed by atoms with Crippen LogP contribution in [0, 0.1) is 0 Å². The second-order valence-corrected chi connectivity index (χ2v) is 9.03. The van der Waals surface area contributed by atoms with Crippen molar-refractivity contribution in [2.45, 2.75) is 39.7 Å². The zero-order chi connectivity index (χ0) is 23.5. The average molecular weight is 455 g/mol. The van der Waals surface area contributed by atoms with Crippen molar-refractivity contribution in [3.05, 3.63) is 74.8 Å². The van der Waals surface area contributed by atoms with Crippen molar-refractivity contribution in [3.63, 3.8) is 0 Å². The second kappa shape index (κ2) is 9.53. The van der Waals surface area contributed by atoms with Crippen LogP contribution in [0.1, 0.15) is 49.4 Å². The van der Waals surface area contributed by atoms with E-state index in [1.54, 1.807) is 30.3 Å². The number of amides is 2. The number of benzene rings is 2. The lowest BCUT2D eigenvalue weighted by atomic mass is 9.87. The number of likely N-dealkylation sites (N-methyl/N-ethyl adjacent to an activating group) is 1. The Hall–Kier alpha value is -3.19. The summed E-state index contributed by atoms with van der Waals surface area (Å²) in [6.07, 6.45) is 0. The molecule has 2 N–H and O–H groups in total. The molecule has 0 saturated heterocycles. The SMILES string of the molecule is CCN(Cc1nc2cc(Cl)ccc2c(=O)[nH]1)C(=O)CNC(=O)c1ccc(C(C)(C)C)cc1. The predicted octanol–water partition coefficient (Wildman–Crippen LogP) is 3.65. The number of halogens is 1. The molecule has 0 atom stereocenters. The Morgan fingerprint density at radius 3 is 2.44 bits per heavy atom. The molecular weight excluding hydrogens is 428 g/mol. The van der Waals surface area contributed by atoms with Crippen LogP contribution in [0.25, 0.3) is 10.9 Å². The minimum Gasteiger partial charge on any atom is -0.343 e. The number of aromatic nitrogens is 2.